The molecule has 0 radical (unpaired) electrons. The first-order chi connectivity index (χ1) is 29.7. The van der Waals surface area contributed by atoms with Crippen LogP contribution in [0.5, 0.6) is 28.7 Å². The summed E-state index contributed by atoms with van der Waals surface area (Å²) in [5, 5.41) is 3.77. The molecule has 7 aromatic carbocycles. The van der Waals surface area contributed by atoms with E-state index >= 15 is 0 Å². The van der Waals surface area contributed by atoms with Gasteiger partial charge in [0.05, 0.1) is 16.6 Å². The van der Waals surface area contributed by atoms with Gasteiger partial charge in [-0.25, -0.2) is 0 Å². The lowest BCUT2D eigenvalue weighted by Gasteiger charge is -2.41. The Morgan fingerprint density at radius 3 is 2.13 bits per heavy atom. The molecule has 2 unspecified atom stereocenters. The van der Waals surface area contributed by atoms with Gasteiger partial charge in [-0.3, -0.25) is 0 Å². The molecule has 0 saturated carbocycles. The lowest BCUT2D eigenvalue weighted by Crippen LogP contribution is -2.56. The van der Waals surface area contributed by atoms with Crippen LogP contribution >= 0.6 is 0 Å². The molecule has 13 rings (SSSR count). The molecule has 0 saturated heterocycles. The molecule has 5 nitrogen and oxygen atoms in total. The maximum Gasteiger partial charge on any atom is 0.235 e. The highest BCUT2D eigenvalue weighted by Gasteiger charge is 2.47. The predicted molar refractivity (Wildman–Crippen MR) is 245 cm³/mol. The van der Waals surface area contributed by atoms with E-state index in [-0.39, 0.29) is 18.6 Å². The van der Waals surface area contributed by atoms with E-state index in [0.29, 0.717) is 5.75 Å². The van der Waals surface area contributed by atoms with Gasteiger partial charge in [0.25, 0.3) is 0 Å². The average Bonchev–Trinajstić information content (AvgIpc) is 3.82. The van der Waals surface area contributed by atoms with Crippen molar-refractivity contribution in [1.82, 2.24) is 9.13 Å². The highest BCUT2D eigenvalue weighted by atomic mass is 16.5. The first kappa shape index (κ1) is 33.5. The molecule has 2 aliphatic heterocycles. The molecule has 4 aliphatic rings. The van der Waals surface area contributed by atoms with Gasteiger partial charge in [-0.05, 0) is 78.5 Å². The van der Waals surface area contributed by atoms with Gasteiger partial charge < -0.3 is 23.3 Å². The third-order valence-electron chi connectivity index (χ3n) is 12.9. The average molecular weight is 773 g/mol. The van der Waals surface area contributed by atoms with Crippen molar-refractivity contribution in [2.75, 3.05) is 0 Å². The van der Waals surface area contributed by atoms with Crippen molar-refractivity contribution in [2.24, 2.45) is 0 Å². The summed E-state index contributed by atoms with van der Waals surface area (Å²) >= 11 is 0. The summed E-state index contributed by atoms with van der Waals surface area (Å²) in [5.74, 6) is 3.84. The number of aromatic nitrogens is 2. The molecular weight excluding hydrogens is 735 g/mol. The summed E-state index contributed by atoms with van der Waals surface area (Å²) in [5.41, 5.74) is 12.9. The minimum Gasteiger partial charge on any atom is -0.487 e. The van der Waals surface area contributed by atoms with Crippen LogP contribution in [0.1, 0.15) is 17.7 Å². The first-order valence-corrected chi connectivity index (χ1v) is 20.9. The Morgan fingerprint density at radius 2 is 1.32 bits per heavy atom. The summed E-state index contributed by atoms with van der Waals surface area (Å²) < 4.78 is 25.7. The van der Waals surface area contributed by atoms with Crippen LogP contribution in [0.15, 0.2) is 182 Å². The zero-order chi connectivity index (χ0) is 39.3. The van der Waals surface area contributed by atoms with Crippen molar-refractivity contribution in [3.63, 3.8) is 0 Å². The van der Waals surface area contributed by atoms with Gasteiger partial charge in [-0.15, -0.1) is 0 Å². The van der Waals surface area contributed by atoms with E-state index in [1.807, 2.05) is 30.3 Å². The van der Waals surface area contributed by atoms with Gasteiger partial charge in [0.15, 0.2) is 0 Å². The second-order valence-corrected chi connectivity index (χ2v) is 16.2. The van der Waals surface area contributed by atoms with E-state index in [1.54, 1.807) is 0 Å². The lowest BCUT2D eigenvalue weighted by molar-refractivity contribution is 0.245. The zero-order valence-electron chi connectivity index (χ0n) is 32.7. The van der Waals surface area contributed by atoms with Crippen LogP contribution in [-0.2, 0) is 6.42 Å². The van der Waals surface area contributed by atoms with Crippen LogP contribution in [0.4, 0.5) is 0 Å². The molecule has 284 valence electrons. The molecule has 4 heterocycles. The van der Waals surface area contributed by atoms with E-state index in [0.717, 1.165) is 63.6 Å². The zero-order valence-corrected chi connectivity index (χ0v) is 32.7. The maximum absolute atomic E-state index is 7.06. The van der Waals surface area contributed by atoms with Crippen LogP contribution in [0, 0.1) is 0 Å². The molecule has 0 amide bonds. The van der Waals surface area contributed by atoms with Crippen molar-refractivity contribution >= 4 is 62.1 Å². The lowest BCUT2D eigenvalue weighted by atomic mass is 9.30. The number of nitrogens with zero attached hydrogens (tertiary/aromatic N) is 2. The van der Waals surface area contributed by atoms with E-state index in [1.165, 1.54) is 49.7 Å². The van der Waals surface area contributed by atoms with Crippen molar-refractivity contribution in [3.05, 3.63) is 193 Å². The number of benzene rings is 7. The Morgan fingerprint density at radius 1 is 0.617 bits per heavy atom. The molecule has 60 heavy (non-hydrogen) atoms. The Labute approximate surface area is 347 Å². The monoisotopic (exact) mass is 772 g/mol. The van der Waals surface area contributed by atoms with E-state index in [9.17, 15) is 0 Å². The number of para-hydroxylation sites is 4. The summed E-state index contributed by atoms with van der Waals surface area (Å²) in [6, 6.07) is 55.6. The molecule has 2 atom stereocenters. The van der Waals surface area contributed by atoms with E-state index < -0.39 is 0 Å². The third-order valence-corrected chi connectivity index (χ3v) is 12.9. The fourth-order valence-electron chi connectivity index (χ4n) is 10.4. The van der Waals surface area contributed by atoms with Gasteiger partial charge in [0.2, 0.25) is 6.71 Å². The van der Waals surface area contributed by atoms with Gasteiger partial charge in [0.1, 0.15) is 34.9 Å². The van der Waals surface area contributed by atoms with Gasteiger partial charge in [-0.2, -0.15) is 0 Å². The van der Waals surface area contributed by atoms with Crippen molar-refractivity contribution < 1.29 is 14.2 Å². The standard InChI is InChI=1S/C54H37BN2O3/c1-2-14-34(15-3-1)38-16-8-13-25-49(38)58-37-32-52-54-53(33-37)60-51-29-27-36(57-47-23-11-6-19-41(47)42-20-7-12-24-48(42)57)31-44(51)55(54)43-30-35(26-28-50(43)59-52)56-45-21-9-4-17-39(45)40-18-5-10-22-46(40)56/h1-11,13-23,25-33,44,51H,12,24H2. The van der Waals surface area contributed by atoms with Crippen LogP contribution in [0.2, 0.25) is 5.82 Å². The highest BCUT2D eigenvalue weighted by Crippen LogP contribution is 2.46. The smallest absolute Gasteiger partial charge is 0.235 e. The number of hydrogen-bond acceptors (Lipinski definition) is 3. The molecule has 6 heteroatoms. The number of hydrogen-bond donors (Lipinski definition) is 0. The summed E-state index contributed by atoms with van der Waals surface area (Å²) in [6.45, 7) is -0.0475. The Kier molecular flexibility index (Phi) is 7.28. The summed E-state index contributed by atoms with van der Waals surface area (Å²) in [6.07, 6.45) is 13.5. The largest absolute Gasteiger partial charge is 0.487 e. The summed E-state index contributed by atoms with van der Waals surface area (Å²) in [7, 11) is 0. The fraction of sp³-hybridized carbons (Fsp3) is 0.0741. The quantitative estimate of drug-likeness (QED) is 0.164. The third kappa shape index (κ3) is 5.00. The molecule has 0 fully saturated rings. The van der Waals surface area contributed by atoms with Crippen molar-refractivity contribution in [1.29, 1.82) is 0 Å². The fourth-order valence-corrected chi connectivity index (χ4v) is 10.4. The summed E-state index contributed by atoms with van der Waals surface area (Å²) in [4.78, 5) is 0. The van der Waals surface area contributed by atoms with Crippen LogP contribution in [0.25, 0.3) is 61.3 Å². The van der Waals surface area contributed by atoms with Gasteiger partial charge in [-0.1, -0.05) is 121 Å². The van der Waals surface area contributed by atoms with Crippen molar-refractivity contribution in [3.8, 4) is 45.6 Å². The second-order valence-electron chi connectivity index (χ2n) is 16.2. The molecule has 2 aromatic heterocycles. The maximum atomic E-state index is 7.06. The SMILES string of the molecule is C1=Cc2c(n(C3=CC4B5c6cc(-n7c8ccccc8c8ccccc87)ccc6Oc6cc(Oc7ccccc7-c7ccccc7)cc(c65)OC4C=C3)c3ccccc23)CC1. The number of ether oxygens (including phenoxy) is 3. The molecular formula is C54H37BN2O3. The van der Waals surface area contributed by atoms with E-state index in [4.69, 9.17) is 14.2 Å². The van der Waals surface area contributed by atoms with Crippen LogP contribution < -0.4 is 25.1 Å². The van der Waals surface area contributed by atoms with Crippen LogP contribution in [-0.4, -0.2) is 22.0 Å². The second kappa shape index (κ2) is 13.0. The molecule has 0 N–H and O–H groups in total. The van der Waals surface area contributed by atoms with Crippen molar-refractivity contribution in [2.45, 2.75) is 24.8 Å². The molecule has 2 aliphatic carbocycles. The first-order valence-electron chi connectivity index (χ1n) is 20.9. The Hall–Kier alpha value is -7.44. The molecule has 0 bridgehead atoms. The highest BCUT2D eigenvalue weighted by molar-refractivity contribution is 6.89. The number of fused-ring (bicyclic) bond motifs is 10. The van der Waals surface area contributed by atoms with Crippen LogP contribution in [0.3, 0.4) is 0 Å². The Balaban J connectivity index is 0.994. The Bertz CT molecular complexity index is 3280. The van der Waals surface area contributed by atoms with Gasteiger partial charge in [0, 0.05) is 67.8 Å². The molecule has 9 aromatic rings. The molecule has 0 spiro atoms. The number of allylic oxidation sites excluding steroid dienone is 3. The predicted octanol–water partition coefficient (Wildman–Crippen LogP) is 12.1. The minimum atomic E-state index is -0.202. The van der Waals surface area contributed by atoms with E-state index in [2.05, 4.69) is 167 Å². The topological polar surface area (TPSA) is 37.5 Å². The normalized spacial score (nSPS) is 17.1. The van der Waals surface area contributed by atoms with Gasteiger partial charge >= 0.3 is 0 Å². The number of rotatable bonds is 5. The minimum absolute atomic E-state index is 0.00572.